The van der Waals surface area contributed by atoms with E-state index in [1.807, 2.05) is 19.9 Å². The summed E-state index contributed by atoms with van der Waals surface area (Å²) in [5.41, 5.74) is 7.85. The molecule has 72 valence electrons. The Bertz CT molecular complexity index is 281. The predicted molar refractivity (Wildman–Crippen MR) is 53.1 cm³/mol. The van der Waals surface area contributed by atoms with Crippen LogP contribution in [0.15, 0.2) is 18.2 Å². The van der Waals surface area contributed by atoms with Crippen LogP contribution in [0.3, 0.4) is 0 Å². The molecule has 2 N–H and O–H groups in total. The molecule has 0 spiro atoms. The smallest absolute Gasteiger partial charge is 0.123 e. The lowest BCUT2D eigenvalue weighted by molar-refractivity contribution is 0.623. The van der Waals surface area contributed by atoms with E-state index < -0.39 is 0 Å². The van der Waals surface area contributed by atoms with Gasteiger partial charge in [0.1, 0.15) is 5.82 Å². The molecule has 1 atom stereocenters. The molecule has 0 aliphatic rings. The van der Waals surface area contributed by atoms with Crippen molar-refractivity contribution in [3.63, 3.8) is 0 Å². The molecule has 0 radical (unpaired) electrons. The molecule has 0 heterocycles. The van der Waals surface area contributed by atoms with Crippen molar-refractivity contribution in [2.75, 3.05) is 0 Å². The molecule has 0 saturated carbocycles. The topological polar surface area (TPSA) is 26.0 Å². The van der Waals surface area contributed by atoms with E-state index in [2.05, 4.69) is 0 Å². The van der Waals surface area contributed by atoms with Gasteiger partial charge >= 0.3 is 0 Å². The minimum Gasteiger partial charge on any atom is -0.328 e. The monoisotopic (exact) mass is 181 g/mol. The van der Waals surface area contributed by atoms with Gasteiger partial charge in [-0.05, 0) is 49.9 Å². The van der Waals surface area contributed by atoms with E-state index in [0.717, 1.165) is 18.4 Å². The van der Waals surface area contributed by atoms with E-state index in [4.69, 9.17) is 5.73 Å². The van der Waals surface area contributed by atoms with Gasteiger partial charge in [-0.15, -0.1) is 0 Å². The molecule has 0 aliphatic heterocycles. The number of aryl methyl sites for hydroxylation is 2. The van der Waals surface area contributed by atoms with Gasteiger partial charge in [-0.2, -0.15) is 0 Å². The molecule has 13 heavy (non-hydrogen) atoms. The zero-order valence-electron chi connectivity index (χ0n) is 8.18. The molecule has 0 saturated heterocycles. The molecule has 1 nitrogen and oxygen atoms in total. The summed E-state index contributed by atoms with van der Waals surface area (Å²) in [6.07, 6.45) is 1.89. The van der Waals surface area contributed by atoms with Crippen molar-refractivity contribution in [3.05, 3.63) is 35.1 Å². The standard InChI is InChI=1S/C11H16FN/c1-8-7-11(12)6-5-10(8)4-3-9(2)13/h5-7,9H,3-4,13H2,1-2H3/t9-/m1/s1. The molecule has 2 heteroatoms. The molecular weight excluding hydrogens is 165 g/mol. The third kappa shape index (κ3) is 3.15. The second-order valence-electron chi connectivity index (χ2n) is 3.59. The van der Waals surface area contributed by atoms with E-state index in [1.54, 1.807) is 6.07 Å². The normalized spacial score (nSPS) is 12.9. The van der Waals surface area contributed by atoms with Crippen LogP contribution >= 0.6 is 0 Å². The van der Waals surface area contributed by atoms with Crippen LogP contribution in [-0.2, 0) is 6.42 Å². The Morgan fingerprint density at radius 3 is 2.69 bits per heavy atom. The maximum absolute atomic E-state index is 12.7. The third-order valence-corrected chi connectivity index (χ3v) is 2.17. The minimum atomic E-state index is -0.165. The fourth-order valence-corrected chi connectivity index (χ4v) is 1.32. The van der Waals surface area contributed by atoms with Crippen LogP contribution in [0.2, 0.25) is 0 Å². The fraction of sp³-hybridized carbons (Fsp3) is 0.455. The van der Waals surface area contributed by atoms with Gasteiger partial charge in [0.2, 0.25) is 0 Å². The summed E-state index contributed by atoms with van der Waals surface area (Å²) >= 11 is 0. The zero-order chi connectivity index (χ0) is 9.84. The summed E-state index contributed by atoms with van der Waals surface area (Å²) in [6.45, 7) is 3.92. The first-order valence-corrected chi connectivity index (χ1v) is 4.60. The van der Waals surface area contributed by atoms with Gasteiger partial charge in [0.15, 0.2) is 0 Å². The largest absolute Gasteiger partial charge is 0.328 e. The Morgan fingerprint density at radius 2 is 2.15 bits per heavy atom. The Labute approximate surface area is 78.8 Å². The summed E-state index contributed by atoms with van der Waals surface area (Å²) in [5.74, 6) is -0.165. The van der Waals surface area contributed by atoms with Crippen molar-refractivity contribution in [1.82, 2.24) is 0 Å². The highest BCUT2D eigenvalue weighted by Crippen LogP contribution is 2.12. The predicted octanol–water partition coefficient (Wildman–Crippen LogP) is 2.41. The van der Waals surface area contributed by atoms with Gasteiger partial charge in [0.25, 0.3) is 0 Å². The molecule has 0 bridgehead atoms. The molecule has 1 aromatic rings. The van der Waals surface area contributed by atoms with E-state index in [-0.39, 0.29) is 11.9 Å². The molecule has 1 aromatic carbocycles. The molecule has 0 aliphatic carbocycles. The molecule has 0 fully saturated rings. The van der Waals surface area contributed by atoms with E-state index in [1.165, 1.54) is 11.6 Å². The van der Waals surface area contributed by atoms with Crippen molar-refractivity contribution >= 4 is 0 Å². The number of hydrogen-bond donors (Lipinski definition) is 1. The second kappa shape index (κ2) is 4.38. The van der Waals surface area contributed by atoms with Crippen LogP contribution in [0.25, 0.3) is 0 Å². The van der Waals surface area contributed by atoms with Crippen molar-refractivity contribution in [2.24, 2.45) is 5.73 Å². The third-order valence-electron chi connectivity index (χ3n) is 2.17. The zero-order valence-corrected chi connectivity index (χ0v) is 8.18. The lowest BCUT2D eigenvalue weighted by Crippen LogP contribution is -2.15. The first kappa shape index (κ1) is 10.2. The summed E-state index contributed by atoms with van der Waals surface area (Å²) in [4.78, 5) is 0. The maximum Gasteiger partial charge on any atom is 0.123 e. The molecular formula is C11H16FN. The van der Waals surface area contributed by atoms with Gasteiger partial charge < -0.3 is 5.73 Å². The van der Waals surface area contributed by atoms with Crippen LogP contribution in [0, 0.1) is 12.7 Å². The number of hydrogen-bond acceptors (Lipinski definition) is 1. The lowest BCUT2D eigenvalue weighted by atomic mass is 10.0. The SMILES string of the molecule is Cc1cc(F)ccc1CC[C@@H](C)N. The first-order chi connectivity index (χ1) is 6.09. The average Bonchev–Trinajstić information content (AvgIpc) is 2.02. The number of benzene rings is 1. The Hall–Kier alpha value is -0.890. The summed E-state index contributed by atoms with van der Waals surface area (Å²) in [5, 5.41) is 0. The Balaban J connectivity index is 2.67. The van der Waals surface area contributed by atoms with Crippen LogP contribution < -0.4 is 5.73 Å². The highest BCUT2D eigenvalue weighted by atomic mass is 19.1. The molecule has 0 aromatic heterocycles. The van der Waals surface area contributed by atoms with Gasteiger partial charge in [0.05, 0.1) is 0 Å². The van der Waals surface area contributed by atoms with Crippen molar-refractivity contribution < 1.29 is 4.39 Å². The number of rotatable bonds is 3. The number of halogens is 1. The highest BCUT2D eigenvalue weighted by Gasteiger charge is 2.01. The van der Waals surface area contributed by atoms with Gasteiger partial charge in [-0.25, -0.2) is 4.39 Å². The minimum absolute atomic E-state index is 0.165. The van der Waals surface area contributed by atoms with Crippen LogP contribution in [0.1, 0.15) is 24.5 Å². The van der Waals surface area contributed by atoms with Crippen molar-refractivity contribution in [1.29, 1.82) is 0 Å². The summed E-state index contributed by atoms with van der Waals surface area (Å²) in [7, 11) is 0. The Morgan fingerprint density at radius 1 is 1.46 bits per heavy atom. The van der Waals surface area contributed by atoms with Gasteiger partial charge in [0, 0.05) is 6.04 Å². The van der Waals surface area contributed by atoms with Crippen molar-refractivity contribution in [2.45, 2.75) is 32.7 Å². The summed E-state index contributed by atoms with van der Waals surface area (Å²) < 4.78 is 12.7. The second-order valence-corrected chi connectivity index (χ2v) is 3.59. The van der Waals surface area contributed by atoms with E-state index in [0.29, 0.717) is 0 Å². The molecule has 0 unspecified atom stereocenters. The van der Waals surface area contributed by atoms with Crippen LogP contribution in [-0.4, -0.2) is 6.04 Å². The quantitative estimate of drug-likeness (QED) is 0.761. The van der Waals surface area contributed by atoms with Gasteiger partial charge in [-0.3, -0.25) is 0 Å². The molecule has 0 amide bonds. The maximum atomic E-state index is 12.7. The fourth-order valence-electron chi connectivity index (χ4n) is 1.32. The average molecular weight is 181 g/mol. The van der Waals surface area contributed by atoms with Crippen molar-refractivity contribution in [3.8, 4) is 0 Å². The highest BCUT2D eigenvalue weighted by molar-refractivity contribution is 5.26. The van der Waals surface area contributed by atoms with E-state index >= 15 is 0 Å². The Kier molecular flexibility index (Phi) is 3.43. The van der Waals surface area contributed by atoms with E-state index in [9.17, 15) is 4.39 Å². The van der Waals surface area contributed by atoms with Gasteiger partial charge in [-0.1, -0.05) is 6.07 Å². The number of nitrogens with two attached hydrogens (primary N) is 1. The first-order valence-electron chi connectivity index (χ1n) is 4.60. The lowest BCUT2D eigenvalue weighted by Gasteiger charge is -2.07. The van der Waals surface area contributed by atoms with Crippen LogP contribution in [0.5, 0.6) is 0 Å². The summed E-state index contributed by atoms with van der Waals surface area (Å²) in [6, 6.07) is 5.12. The van der Waals surface area contributed by atoms with Crippen LogP contribution in [0.4, 0.5) is 4.39 Å². The molecule has 1 rings (SSSR count).